The molecule has 23 heavy (non-hydrogen) atoms. The van der Waals surface area contributed by atoms with Crippen LogP contribution >= 0.6 is 0 Å². The molecule has 0 atom stereocenters. The Kier molecular flexibility index (Phi) is 4.22. The minimum atomic E-state index is -0.435. The van der Waals surface area contributed by atoms with Crippen molar-refractivity contribution in [3.8, 4) is 5.82 Å². The Bertz CT molecular complexity index is 694. The summed E-state index contributed by atoms with van der Waals surface area (Å²) < 4.78 is 1.56. The van der Waals surface area contributed by atoms with Crippen molar-refractivity contribution in [3.05, 3.63) is 34.5 Å². The number of imidazole rings is 1. The lowest BCUT2D eigenvalue weighted by Gasteiger charge is -2.31. The molecule has 0 amide bonds. The smallest absolute Gasteiger partial charge is 0.333 e. The Balaban J connectivity index is 2.03. The highest BCUT2D eigenvalue weighted by Crippen LogP contribution is 2.29. The minimum absolute atomic E-state index is 0.0798. The van der Waals surface area contributed by atoms with Crippen LogP contribution in [-0.4, -0.2) is 37.5 Å². The molecule has 0 aliphatic heterocycles. The molecular weight excluding hydrogens is 296 g/mol. The van der Waals surface area contributed by atoms with Crippen LogP contribution in [0.3, 0.4) is 0 Å². The molecule has 0 aromatic carbocycles. The monoisotopic (exact) mass is 316 g/mol. The Morgan fingerprint density at radius 2 is 2.04 bits per heavy atom. The summed E-state index contributed by atoms with van der Waals surface area (Å²) in [6.45, 7) is 1.65. The van der Waals surface area contributed by atoms with E-state index in [-0.39, 0.29) is 11.5 Å². The highest BCUT2D eigenvalue weighted by molar-refractivity contribution is 5.54. The van der Waals surface area contributed by atoms with Gasteiger partial charge in [-0.15, -0.1) is 0 Å². The van der Waals surface area contributed by atoms with Gasteiger partial charge >= 0.3 is 5.69 Å². The van der Waals surface area contributed by atoms with Crippen LogP contribution in [0.2, 0.25) is 0 Å². The van der Waals surface area contributed by atoms with Crippen LogP contribution in [0.25, 0.3) is 5.82 Å². The molecule has 3 rings (SSSR count). The Labute approximate surface area is 134 Å². The quantitative estimate of drug-likeness (QED) is 0.636. The van der Waals surface area contributed by atoms with Crippen molar-refractivity contribution in [1.82, 2.24) is 19.5 Å². The molecule has 1 aliphatic carbocycles. The van der Waals surface area contributed by atoms with Crippen LogP contribution in [0.5, 0.6) is 0 Å². The number of aryl methyl sites for hydroxylation is 1. The molecule has 0 N–H and O–H groups in total. The van der Waals surface area contributed by atoms with Gasteiger partial charge in [-0.1, -0.05) is 19.3 Å². The van der Waals surface area contributed by atoms with E-state index in [0.29, 0.717) is 17.7 Å². The van der Waals surface area contributed by atoms with Gasteiger partial charge in [-0.25, -0.2) is 9.97 Å². The molecule has 0 unspecified atom stereocenters. The maximum Gasteiger partial charge on any atom is 0.333 e. The summed E-state index contributed by atoms with van der Waals surface area (Å²) in [5.74, 6) is 0.793. The van der Waals surface area contributed by atoms with Gasteiger partial charge in [-0.3, -0.25) is 14.7 Å². The topological polar surface area (TPSA) is 90.0 Å². The van der Waals surface area contributed by atoms with Crippen LogP contribution in [0.1, 0.15) is 37.8 Å². The molecule has 2 heterocycles. The van der Waals surface area contributed by atoms with Crippen molar-refractivity contribution in [3.63, 3.8) is 0 Å². The summed E-state index contributed by atoms with van der Waals surface area (Å²) in [6.07, 6.45) is 10.6. The first-order valence-electron chi connectivity index (χ1n) is 7.82. The number of hydrogen-bond donors (Lipinski definition) is 0. The number of rotatable bonds is 4. The number of hydrogen-bond acceptors (Lipinski definition) is 6. The van der Waals surface area contributed by atoms with E-state index >= 15 is 0 Å². The first-order chi connectivity index (χ1) is 11.1. The van der Waals surface area contributed by atoms with Gasteiger partial charge in [-0.2, -0.15) is 4.98 Å². The normalized spacial score (nSPS) is 15.6. The molecule has 8 heteroatoms. The lowest BCUT2D eigenvalue weighted by Crippen LogP contribution is -2.35. The summed E-state index contributed by atoms with van der Waals surface area (Å²) in [5.41, 5.74) is 0.287. The average molecular weight is 316 g/mol. The minimum Gasteiger partial charge on any atom is -0.341 e. The van der Waals surface area contributed by atoms with Crippen LogP contribution in [0.15, 0.2) is 18.7 Å². The predicted molar refractivity (Wildman–Crippen MR) is 85.8 cm³/mol. The Morgan fingerprint density at radius 3 is 2.65 bits per heavy atom. The van der Waals surface area contributed by atoms with E-state index in [0.717, 1.165) is 12.8 Å². The lowest BCUT2D eigenvalue weighted by molar-refractivity contribution is -0.385. The second-order valence-electron chi connectivity index (χ2n) is 5.91. The largest absolute Gasteiger partial charge is 0.341 e. The second kappa shape index (κ2) is 6.31. The summed E-state index contributed by atoms with van der Waals surface area (Å²) >= 11 is 0. The highest BCUT2D eigenvalue weighted by atomic mass is 16.6. The molecule has 0 saturated heterocycles. The van der Waals surface area contributed by atoms with Gasteiger partial charge in [0.1, 0.15) is 12.0 Å². The zero-order valence-electron chi connectivity index (χ0n) is 13.3. The third-order valence-corrected chi connectivity index (χ3v) is 4.40. The standard InChI is InChI=1S/C15H20N6O2/c1-11-13(21(22)23)14(20-9-8-16-10-20)18-15(17-11)19(2)12-6-4-3-5-7-12/h8-10,12H,3-7H2,1-2H3. The first kappa shape index (κ1) is 15.4. The SMILES string of the molecule is Cc1nc(N(C)C2CCCCC2)nc(-n2ccnc2)c1[N+](=O)[O-]. The fourth-order valence-corrected chi connectivity index (χ4v) is 3.10. The third kappa shape index (κ3) is 3.01. The fourth-order valence-electron chi connectivity index (χ4n) is 3.10. The molecule has 0 radical (unpaired) electrons. The lowest BCUT2D eigenvalue weighted by atomic mass is 9.95. The van der Waals surface area contributed by atoms with Crippen molar-refractivity contribution in [1.29, 1.82) is 0 Å². The van der Waals surface area contributed by atoms with E-state index < -0.39 is 4.92 Å². The molecule has 8 nitrogen and oxygen atoms in total. The maximum atomic E-state index is 11.4. The van der Waals surface area contributed by atoms with Crippen molar-refractivity contribution in [2.24, 2.45) is 0 Å². The van der Waals surface area contributed by atoms with Crippen molar-refractivity contribution < 1.29 is 4.92 Å². The van der Waals surface area contributed by atoms with E-state index in [2.05, 4.69) is 19.9 Å². The summed E-state index contributed by atoms with van der Waals surface area (Å²) in [5, 5.41) is 11.4. The van der Waals surface area contributed by atoms with Gasteiger partial charge in [-0.05, 0) is 19.8 Å². The highest BCUT2D eigenvalue weighted by Gasteiger charge is 2.27. The Hall–Kier alpha value is -2.51. The predicted octanol–water partition coefficient (Wildman–Crippen LogP) is 2.65. The number of nitrogens with zero attached hydrogens (tertiary/aromatic N) is 6. The Morgan fingerprint density at radius 1 is 1.30 bits per heavy atom. The van der Waals surface area contributed by atoms with Gasteiger partial charge in [0, 0.05) is 25.5 Å². The van der Waals surface area contributed by atoms with Crippen molar-refractivity contribution >= 4 is 11.6 Å². The van der Waals surface area contributed by atoms with Crippen LogP contribution in [0.4, 0.5) is 11.6 Å². The molecule has 2 aromatic rings. The van der Waals surface area contributed by atoms with Crippen LogP contribution in [0, 0.1) is 17.0 Å². The molecule has 0 bridgehead atoms. The molecule has 1 aliphatic rings. The summed E-state index contributed by atoms with van der Waals surface area (Å²) in [7, 11) is 1.97. The molecule has 0 spiro atoms. The van der Waals surface area contributed by atoms with Crippen molar-refractivity contribution in [2.45, 2.75) is 45.1 Å². The van der Waals surface area contributed by atoms with Gasteiger partial charge < -0.3 is 4.90 Å². The fraction of sp³-hybridized carbons (Fsp3) is 0.533. The van der Waals surface area contributed by atoms with Crippen molar-refractivity contribution in [2.75, 3.05) is 11.9 Å². The zero-order chi connectivity index (χ0) is 16.4. The van der Waals surface area contributed by atoms with E-state index in [1.165, 1.54) is 25.6 Å². The van der Waals surface area contributed by atoms with Gasteiger partial charge in [0.15, 0.2) is 0 Å². The first-order valence-corrected chi connectivity index (χ1v) is 7.82. The maximum absolute atomic E-state index is 11.4. The summed E-state index contributed by atoms with van der Waals surface area (Å²) in [4.78, 5) is 25.8. The molecule has 2 aromatic heterocycles. The average Bonchev–Trinajstić information content (AvgIpc) is 3.08. The second-order valence-corrected chi connectivity index (χ2v) is 5.91. The third-order valence-electron chi connectivity index (χ3n) is 4.40. The number of anilines is 1. The molecule has 1 fully saturated rings. The zero-order valence-corrected chi connectivity index (χ0v) is 13.3. The number of aromatic nitrogens is 4. The number of nitro groups is 1. The van der Waals surface area contributed by atoms with E-state index in [1.54, 1.807) is 23.9 Å². The van der Waals surface area contributed by atoms with Gasteiger partial charge in [0.25, 0.3) is 0 Å². The molecular formula is C15H20N6O2. The van der Waals surface area contributed by atoms with E-state index in [1.807, 2.05) is 7.05 Å². The van der Waals surface area contributed by atoms with E-state index in [4.69, 9.17) is 0 Å². The molecule has 1 saturated carbocycles. The van der Waals surface area contributed by atoms with Gasteiger partial charge in [0.2, 0.25) is 11.8 Å². The molecule has 122 valence electrons. The van der Waals surface area contributed by atoms with Crippen LogP contribution in [-0.2, 0) is 0 Å². The van der Waals surface area contributed by atoms with Gasteiger partial charge in [0.05, 0.1) is 4.92 Å². The van der Waals surface area contributed by atoms with E-state index in [9.17, 15) is 10.1 Å². The summed E-state index contributed by atoms with van der Waals surface area (Å²) in [6, 6.07) is 0.389. The van der Waals surface area contributed by atoms with Crippen LogP contribution < -0.4 is 4.90 Å².